The van der Waals surface area contributed by atoms with Crippen molar-refractivity contribution in [2.45, 2.75) is 12.1 Å². The normalized spacial score (nSPS) is 10.9. The predicted octanol–water partition coefficient (Wildman–Crippen LogP) is 4.58. The van der Waals surface area contributed by atoms with Crippen molar-refractivity contribution in [1.82, 2.24) is 9.36 Å². The van der Waals surface area contributed by atoms with Crippen LogP contribution < -0.4 is 19.5 Å². The highest BCUT2D eigenvalue weighted by Gasteiger charge is 2.13. The number of benzene rings is 2. The minimum atomic E-state index is -0.561. The van der Waals surface area contributed by atoms with Crippen LogP contribution in [0.3, 0.4) is 0 Å². The Morgan fingerprint density at radius 2 is 2.03 bits per heavy atom. The third-order valence-corrected chi connectivity index (χ3v) is 5.57. The maximum absolute atomic E-state index is 12.4. The van der Waals surface area contributed by atoms with Crippen LogP contribution in [0.15, 0.2) is 53.2 Å². The van der Waals surface area contributed by atoms with Gasteiger partial charge in [-0.25, -0.2) is 0 Å². The van der Waals surface area contributed by atoms with Crippen LogP contribution in [0, 0.1) is 18.3 Å². The van der Waals surface area contributed by atoms with Crippen LogP contribution in [-0.4, -0.2) is 41.8 Å². The Morgan fingerprint density at radius 3 is 2.73 bits per heavy atom. The van der Waals surface area contributed by atoms with E-state index in [9.17, 15) is 10.1 Å². The molecule has 10 heteroatoms. The molecule has 0 saturated carbocycles. The predicted molar refractivity (Wildman–Crippen MR) is 129 cm³/mol. The molecule has 1 N–H and O–H groups in total. The van der Waals surface area contributed by atoms with Crippen molar-refractivity contribution in [2.24, 2.45) is 0 Å². The van der Waals surface area contributed by atoms with E-state index in [2.05, 4.69) is 14.7 Å². The van der Waals surface area contributed by atoms with Crippen LogP contribution >= 0.6 is 23.3 Å². The van der Waals surface area contributed by atoms with E-state index in [1.165, 1.54) is 24.9 Å². The standard InChI is InChI=1S/C23H22N4O4S2/c1-15-5-4-6-18(11-15)30-9-10-31-19-8-7-16(13-20(19)29-2)12-17(14-24)21(28)25-22-26-23(32-3)27-33-22/h4-8,11-13H,9-10H2,1-3H3,(H,25,26,27,28)/b17-12-. The molecule has 1 amide bonds. The largest absolute Gasteiger partial charge is 0.493 e. The number of methoxy groups -OCH3 is 1. The summed E-state index contributed by atoms with van der Waals surface area (Å²) in [6.45, 7) is 2.70. The van der Waals surface area contributed by atoms with Crippen molar-refractivity contribution in [3.05, 3.63) is 59.2 Å². The number of nitrogens with zero attached hydrogens (tertiary/aromatic N) is 3. The summed E-state index contributed by atoms with van der Waals surface area (Å²) in [4.78, 5) is 16.6. The molecule has 0 unspecified atom stereocenters. The van der Waals surface area contributed by atoms with Gasteiger partial charge in [0.25, 0.3) is 5.91 Å². The third-order valence-electron chi connectivity index (χ3n) is 4.27. The van der Waals surface area contributed by atoms with Crippen LogP contribution in [0.4, 0.5) is 5.13 Å². The molecule has 2 aromatic carbocycles. The molecule has 0 spiro atoms. The van der Waals surface area contributed by atoms with Crippen LogP contribution in [0.5, 0.6) is 17.2 Å². The highest BCUT2D eigenvalue weighted by molar-refractivity contribution is 7.98. The summed E-state index contributed by atoms with van der Waals surface area (Å²) >= 11 is 2.42. The molecule has 8 nitrogen and oxygen atoms in total. The van der Waals surface area contributed by atoms with Gasteiger partial charge in [0.15, 0.2) is 11.5 Å². The number of nitriles is 1. The number of aromatic nitrogens is 2. The molecule has 0 saturated heterocycles. The summed E-state index contributed by atoms with van der Waals surface area (Å²) in [6.07, 6.45) is 3.31. The van der Waals surface area contributed by atoms with Crippen LogP contribution in [0.25, 0.3) is 6.08 Å². The number of thioether (sulfide) groups is 1. The van der Waals surface area contributed by atoms with E-state index in [1.807, 2.05) is 43.5 Å². The monoisotopic (exact) mass is 482 g/mol. The summed E-state index contributed by atoms with van der Waals surface area (Å²) < 4.78 is 20.9. The summed E-state index contributed by atoms with van der Waals surface area (Å²) in [5, 5.41) is 12.9. The number of anilines is 1. The zero-order chi connectivity index (χ0) is 23.6. The third kappa shape index (κ3) is 6.97. The molecule has 3 rings (SSSR count). The van der Waals surface area contributed by atoms with Crippen molar-refractivity contribution in [3.63, 3.8) is 0 Å². The molecule has 0 bridgehead atoms. The number of aryl methyl sites for hydroxylation is 1. The fraction of sp³-hybridized carbons (Fsp3) is 0.217. The maximum atomic E-state index is 12.4. The van der Waals surface area contributed by atoms with E-state index in [0.717, 1.165) is 22.8 Å². The van der Waals surface area contributed by atoms with Crippen LogP contribution in [0.2, 0.25) is 0 Å². The molecule has 0 aliphatic carbocycles. The van der Waals surface area contributed by atoms with Gasteiger partial charge >= 0.3 is 0 Å². The first kappa shape index (κ1) is 24.1. The zero-order valence-corrected chi connectivity index (χ0v) is 20.0. The quantitative estimate of drug-likeness (QED) is 0.194. The lowest BCUT2D eigenvalue weighted by molar-refractivity contribution is -0.112. The van der Waals surface area contributed by atoms with Crippen molar-refractivity contribution < 1.29 is 19.0 Å². The van der Waals surface area contributed by atoms with Gasteiger partial charge in [-0.3, -0.25) is 10.1 Å². The highest BCUT2D eigenvalue weighted by atomic mass is 32.2. The van der Waals surface area contributed by atoms with Gasteiger partial charge in [-0.15, -0.1) is 0 Å². The van der Waals surface area contributed by atoms with E-state index in [-0.39, 0.29) is 5.57 Å². The molecule has 0 radical (unpaired) electrons. The van der Waals surface area contributed by atoms with Crippen LogP contribution in [0.1, 0.15) is 11.1 Å². The van der Waals surface area contributed by atoms with E-state index in [4.69, 9.17) is 14.2 Å². The second kappa shape index (κ2) is 11.9. The van der Waals surface area contributed by atoms with Crippen molar-refractivity contribution in [1.29, 1.82) is 5.26 Å². The number of rotatable bonds is 10. The van der Waals surface area contributed by atoms with Gasteiger partial charge in [-0.05, 0) is 54.6 Å². The van der Waals surface area contributed by atoms with E-state index in [0.29, 0.717) is 40.6 Å². The molecule has 170 valence electrons. The zero-order valence-electron chi connectivity index (χ0n) is 18.3. The van der Waals surface area contributed by atoms with Gasteiger partial charge < -0.3 is 14.2 Å². The van der Waals surface area contributed by atoms with E-state index >= 15 is 0 Å². The Labute approximate surface area is 200 Å². The molecule has 1 aromatic heterocycles. The average Bonchev–Trinajstić information content (AvgIpc) is 3.28. The summed E-state index contributed by atoms with van der Waals surface area (Å²) in [6, 6.07) is 14.9. The topological polar surface area (TPSA) is 106 Å². The number of amides is 1. The number of carbonyl (C=O) groups excluding carboxylic acids is 1. The van der Waals surface area contributed by atoms with Crippen molar-refractivity contribution >= 4 is 40.4 Å². The average molecular weight is 483 g/mol. The minimum Gasteiger partial charge on any atom is -0.493 e. The highest BCUT2D eigenvalue weighted by Crippen LogP contribution is 2.29. The minimum absolute atomic E-state index is 0.0711. The Balaban J connectivity index is 1.62. The molecule has 0 atom stereocenters. The fourth-order valence-electron chi connectivity index (χ4n) is 2.73. The molecule has 0 aliphatic rings. The number of carbonyl (C=O) groups is 1. The van der Waals surface area contributed by atoms with Gasteiger partial charge in [0.05, 0.1) is 7.11 Å². The number of nitrogens with one attached hydrogen (secondary N) is 1. The maximum Gasteiger partial charge on any atom is 0.268 e. The lowest BCUT2D eigenvalue weighted by atomic mass is 10.1. The Bertz CT molecular complexity index is 1190. The van der Waals surface area contributed by atoms with Gasteiger partial charge in [-0.1, -0.05) is 30.0 Å². The molecule has 33 heavy (non-hydrogen) atoms. The van der Waals surface area contributed by atoms with Crippen molar-refractivity contribution in [2.75, 3.05) is 31.9 Å². The summed E-state index contributed by atoms with van der Waals surface area (Å²) in [7, 11) is 1.52. The van der Waals surface area contributed by atoms with Crippen LogP contribution in [-0.2, 0) is 4.79 Å². The van der Waals surface area contributed by atoms with E-state index < -0.39 is 5.91 Å². The van der Waals surface area contributed by atoms with Gasteiger partial charge in [0.1, 0.15) is 30.6 Å². The first-order valence-electron chi connectivity index (χ1n) is 9.83. The molecule has 0 fully saturated rings. The molecule has 0 aliphatic heterocycles. The SMILES string of the molecule is COc1cc(/C=C(/C#N)C(=O)Nc2nc(SC)ns2)ccc1OCCOc1cccc(C)c1. The smallest absolute Gasteiger partial charge is 0.268 e. The Kier molecular flexibility index (Phi) is 8.69. The fourth-order valence-corrected chi connectivity index (χ4v) is 3.85. The lowest BCUT2D eigenvalue weighted by Gasteiger charge is -2.12. The summed E-state index contributed by atoms with van der Waals surface area (Å²) in [5.74, 6) is 1.23. The van der Waals surface area contributed by atoms with Gasteiger partial charge in [0, 0.05) is 11.5 Å². The number of hydrogen-bond acceptors (Lipinski definition) is 9. The van der Waals surface area contributed by atoms with Gasteiger partial charge in [0.2, 0.25) is 10.3 Å². The molecule has 3 aromatic rings. The molecule has 1 heterocycles. The van der Waals surface area contributed by atoms with E-state index in [1.54, 1.807) is 18.2 Å². The second-order valence-corrected chi connectivity index (χ2v) is 8.16. The van der Waals surface area contributed by atoms with Gasteiger partial charge in [-0.2, -0.15) is 14.6 Å². The Morgan fingerprint density at radius 1 is 1.21 bits per heavy atom. The number of hydrogen-bond donors (Lipinski definition) is 1. The second-order valence-electron chi connectivity index (χ2n) is 6.63. The number of ether oxygens (including phenoxy) is 3. The van der Waals surface area contributed by atoms with Crippen molar-refractivity contribution in [3.8, 4) is 23.3 Å². The summed E-state index contributed by atoms with van der Waals surface area (Å²) in [5.41, 5.74) is 1.67. The first-order chi connectivity index (χ1) is 16.0. The lowest BCUT2D eigenvalue weighted by Crippen LogP contribution is -2.13. The molecular formula is C23H22N4O4S2. The molecular weight excluding hydrogens is 460 g/mol. The Hall–Kier alpha value is -3.55. The first-order valence-corrected chi connectivity index (χ1v) is 11.8.